The Morgan fingerprint density at radius 1 is 0.479 bits per heavy atom. The van der Waals surface area contributed by atoms with Gasteiger partial charge in [0.2, 0.25) is 0 Å². The minimum absolute atomic E-state index is 0.212. The Bertz CT molecular complexity index is 1760. The van der Waals surface area contributed by atoms with Gasteiger partial charge in [-0.2, -0.15) is 0 Å². The smallest absolute Gasteiger partial charge is 0.193 e. The second-order valence-electron chi connectivity index (χ2n) is 10.1. The van der Waals surface area contributed by atoms with Crippen LogP contribution in [0.15, 0.2) is 78.9 Å². The van der Waals surface area contributed by atoms with E-state index in [0.717, 1.165) is 16.7 Å². The number of allylic oxidation sites excluding steroid dienone is 2. The largest absolute Gasteiger partial charge is 0.496 e. The molecule has 0 radical (unpaired) electrons. The Morgan fingerprint density at radius 3 is 1.31 bits per heavy atom. The molecule has 0 bridgehead atoms. The van der Waals surface area contributed by atoms with Crippen LogP contribution in [0.3, 0.4) is 0 Å². The van der Waals surface area contributed by atoms with E-state index in [2.05, 4.69) is 0 Å². The van der Waals surface area contributed by atoms with Crippen LogP contribution in [0.5, 0.6) is 46.0 Å². The fourth-order valence-electron chi connectivity index (χ4n) is 4.86. The molecular weight excluding hydrogens is 616 g/mol. The summed E-state index contributed by atoms with van der Waals surface area (Å²) in [7, 11) is 10.6. The second-order valence-corrected chi connectivity index (χ2v) is 10.1. The maximum atomic E-state index is 13.2. The van der Waals surface area contributed by atoms with E-state index in [1.54, 1.807) is 43.5 Å². The molecule has 0 amide bonds. The lowest BCUT2D eigenvalue weighted by Gasteiger charge is -2.13. The van der Waals surface area contributed by atoms with E-state index in [-0.39, 0.29) is 23.7 Å². The summed E-state index contributed by atoms with van der Waals surface area (Å²) in [6.45, 7) is 0.212. The van der Waals surface area contributed by atoms with Gasteiger partial charge in [-0.15, -0.1) is 0 Å². The number of hydrogen-bond acceptors (Lipinski definition) is 10. The fourth-order valence-corrected chi connectivity index (χ4v) is 4.86. The van der Waals surface area contributed by atoms with Gasteiger partial charge in [0, 0.05) is 29.8 Å². The predicted molar refractivity (Wildman–Crippen MR) is 183 cm³/mol. The van der Waals surface area contributed by atoms with E-state index in [9.17, 15) is 9.59 Å². The van der Waals surface area contributed by atoms with Crippen molar-refractivity contribution in [2.75, 3.05) is 49.8 Å². The first kappa shape index (κ1) is 35.0. The van der Waals surface area contributed by atoms with Gasteiger partial charge >= 0.3 is 0 Å². The highest BCUT2D eigenvalue weighted by atomic mass is 16.5. The van der Waals surface area contributed by atoms with Crippen LogP contribution in [-0.4, -0.2) is 61.3 Å². The first-order valence-electron chi connectivity index (χ1n) is 14.7. The summed E-state index contributed by atoms with van der Waals surface area (Å²) in [5.41, 5.74) is 2.93. The number of methoxy groups -OCH3 is 7. The summed E-state index contributed by atoms with van der Waals surface area (Å²) in [4.78, 5) is 26.2. The molecule has 0 unspecified atom stereocenters. The van der Waals surface area contributed by atoms with Gasteiger partial charge in [-0.1, -0.05) is 30.4 Å². The number of carbonyl (C=O) groups is 2. The number of ketones is 2. The van der Waals surface area contributed by atoms with Gasteiger partial charge in [-0.25, -0.2) is 0 Å². The Kier molecular flexibility index (Phi) is 12.1. The number of benzene rings is 4. The quantitative estimate of drug-likeness (QED) is 0.0916. The van der Waals surface area contributed by atoms with E-state index >= 15 is 0 Å². The highest BCUT2D eigenvalue weighted by molar-refractivity contribution is 6.11. The van der Waals surface area contributed by atoms with Crippen molar-refractivity contribution in [2.24, 2.45) is 0 Å². The average molecular weight is 655 g/mol. The van der Waals surface area contributed by atoms with Crippen molar-refractivity contribution in [1.29, 1.82) is 0 Å². The summed E-state index contributed by atoms with van der Waals surface area (Å²) in [5, 5.41) is 0. The Morgan fingerprint density at radius 2 is 0.896 bits per heavy atom. The summed E-state index contributed by atoms with van der Waals surface area (Å²) in [6.07, 6.45) is 6.32. The molecule has 0 atom stereocenters. The van der Waals surface area contributed by atoms with Crippen molar-refractivity contribution in [3.05, 3.63) is 107 Å². The van der Waals surface area contributed by atoms with Crippen LogP contribution >= 0.6 is 0 Å². The van der Waals surface area contributed by atoms with Crippen LogP contribution in [0.4, 0.5) is 0 Å². The Hall–Kier alpha value is -5.90. The molecule has 10 nitrogen and oxygen atoms in total. The first-order chi connectivity index (χ1) is 23.3. The predicted octanol–water partition coefficient (Wildman–Crippen LogP) is 7.12. The zero-order chi connectivity index (χ0) is 34.6. The van der Waals surface area contributed by atoms with Crippen molar-refractivity contribution >= 4 is 23.7 Å². The van der Waals surface area contributed by atoms with Crippen LogP contribution in [0.25, 0.3) is 12.2 Å². The van der Waals surface area contributed by atoms with Gasteiger partial charge in [0.15, 0.2) is 11.6 Å². The lowest BCUT2D eigenvalue weighted by atomic mass is 10.0. The molecule has 0 saturated carbocycles. The van der Waals surface area contributed by atoms with Gasteiger partial charge in [0.05, 0.1) is 49.8 Å². The van der Waals surface area contributed by atoms with Crippen molar-refractivity contribution < 1.29 is 47.5 Å². The third-order valence-electron chi connectivity index (χ3n) is 7.36. The normalized spacial score (nSPS) is 10.9. The van der Waals surface area contributed by atoms with E-state index in [0.29, 0.717) is 51.6 Å². The summed E-state index contributed by atoms with van der Waals surface area (Å²) in [6, 6.07) is 19.4. The Balaban J connectivity index is 1.45. The van der Waals surface area contributed by atoms with Crippen LogP contribution < -0.4 is 37.9 Å². The fraction of sp³-hybridized carbons (Fsp3) is 0.211. The minimum atomic E-state index is -0.293. The molecular formula is C38H38O10. The first-order valence-corrected chi connectivity index (χ1v) is 14.7. The molecule has 0 heterocycles. The third-order valence-corrected chi connectivity index (χ3v) is 7.36. The van der Waals surface area contributed by atoms with Crippen molar-refractivity contribution in [2.45, 2.75) is 6.61 Å². The zero-order valence-electron chi connectivity index (χ0n) is 27.9. The number of rotatable bonds is 16. The van der Waals surface area contributed by atoms with Crippen molar-refractivity contribution in [3.8, 4) is 46.0 Å². The summed E-state index contributed by atoms with van der Waals surface area (Å²) in [5.74, 6) is 3.10. The molecule has 4 aromatic carbocycles. The Labute approximate surface area is 280 Å². The molecule has 0 aliphatic carbocycles. The molecule has 0 fully saturated rings. The van der Waals surface area contributed by atoms with Gasteiger partial charge in [0.25, 0.3) is 0 Å². The zero-order valence-corrected chi connectivity index (χ0v) is 27.9. The van der Waals surface area contributed by atoms with Gasteiger partial charge < -0.3 is 37.9 Å². The summed E-state index contributed by atoms with van der Waals surface area (Å²) >= 11 is 0. The maximum Gasteiger partial charge on any atom is 0.193 e. The van der Waals surface area contributed by atoms with Crippen LogP contribution in [0.1, 0.15) is 37.4 Å². The molecule has 48 heavy (non-hydrogen) atoms. The SMILES string of the molecule is COc1cc(OC)c(C(=O)C=Cc2ccc(OCc3cc(C=CC(=O)c4c(OC)cc(OC)cc4OC)ccc3OC)cc2)c(OC)c1. The van der Waals surface area contributed by atoms with Crippen molar-refractivity contribution in [1.82, 2.24) is 0 Å². The third kappa shape index (κ3) is 8.27. The molecule has 0 saturated heterocycles. The maximum absolute atomic E-state index is 13.2. The topological polar surface area (TPSA) is 108 Å². The molecule has 0 aliphatic heterocycles. The van der Waals surface area contributed by atoms with Crippen molar-refractivity contribution in [3.63, 3.8) is 0 Å². The minimum Gasteiger partial charge on any atom is -0.496 e. The van der Waals surface area contributed by atoms with Crippen LogP contribution in [-0.2, 0) is 6.61 Å². The van der Waals surface area contributed by atoms with E-state index in [4.69, 9.17) is 37.9 Å². The number of ether oxygens (including phenoxy) is 8. The molecule has 0 aromatic heterocycles. The summed E-state index contributed by atoms with van der Waals surface area (Å²) < 4.78 is 43.8. The standard InChI is InChI=1S/C38H38O10/c1-41-28-19-33(44-4)37(34(20-28)45-5)30(39)15-10-24-8-13-27(14-9-24)48-23-26-18-25(12-17-32(26)43-3)11-16-31(40)38-35(46-6)21-29(42-2)22-36(38)47-7/h8-22H,23H2,1-7H3. The van der Waals surface area contributed by atoms with E-state index < -0.39 is 0 Å². The molecule has 0 N–H and O–H groups in total. The van der Waals surface area contributed by atoms with Crippen LogP contribution in [0.2, 0.25) is 0 Å². The molecule has 0 spiro atoms. The molecule has 4 aromatic rings. The molecule has 4 rings (SSSR count). The van der Waals surface area contributed by atoms with E-state index in [1.165, 1.54) is 54.8 Å². The van der Waals surface area contributed by atoms with Gasteiger partial charge in [0.1, 0.15) is 63.7 Å². The van der Waals surface area contributed by atoms with Gasteiger partial charge in [-0.3, -0.25) is 9.59 Å². The van der Waals surface area contributed by atoms with E-state index in [1.807, 2.05) is 42.5 Å². The molecule has 250 valence electrons. The van der Waals surface area contributed by atoms with Crippen LogP contribution in [0, 0.1) is 0 Å². The molecule has 10 heteroatoms. The highest BCUT2D eigenvalue weighted by Crippen LogP contribution is 2.36. The highest BCUT2D eigenvalue weighted by Gasteiger charge is 2.20. The number of carbonyl (C=O) groups excluding carboxylic acids is 2. The monoisotopic (exact) mass is 654 g/mol. The lowest BCUT2D eigenvalue weighted by Crippen LogP contribution is -2.03. The van der Waals surface area contributed by atoms with Gasteiger partial charge in [-0.05, 0) is 47.5 Å². The second kappa shape index (κ2) is 16.6. The lowest BCUT2D eigenvalue weighted by molar-refractivity contribution is 0.103. The molecule has 0 aliphatic rings. The number of hydrogen-bond donors (Lipinski definition) is 0. The average Bonchev–Trinajstić information content (AvgIpc) is 3.14.